The molecule has 3 aromatic heterocycles. The van der Waals surface area contributed by atoms with Crippen molar-refractivity contribution in [1.29, 1.82) is 0 Å². The number of fused-ring (bicyclic) bond motifs is 1. The first-order valence-corrected chi connectivity index (χ1v) is 15.2. The molecular formula is C29H38N4O2S2. The van der Waals surface area contributed by atoms with Gasteiger partial charge in [-0.2, -0.15) is 0 Å². The van der Waals surface area contributed by atoms with E-state index < -0.39 is 15.6 Å². The molecule has 0 bridgehead atoms. The minimum atomic E-state index is -3.66. The van der Waals surface area contributed by atoms with Crippen LogP contribution in [0.15, 0.2) is 40.6 Å². The molecule has 0 fully saturated rings. The molecule has 0 amide bonds. The van der Waals surface area contributed by atoms with Crippen LogP contribution in [0.5, 0.6) is 0 Å². The molecule has 0 saturated carbocycles. The molecule has 0 aliphatic carbocycles. The lowest BCUT2D eigenvalue weighted by atomic mass is 10.0. The summed E-state index contributed by atoms with van der Waals surface area (Å²) in [5.74, 6) is 1.46. The van der Waals surface area contributed by atoms with Crippen LogP contribution in [-0.2, 0) is 29.4 Å². The Morgan fingerprint density at radius 1 is 1.05 bits per heavy atom. The van der Waals surface area contributed by atoms with E-state index in [4.69, 9.17) is 9.97 Å². The molecule has 4 aromatic rings. The van der Waals surface area contributed by atoms with Crippen molar-refractivity contribution >= 4 is 32.5 Å². The van der Waals surface area contributed by atoms with Gasteiger partial charge in [0, 0.05) is 28.1 Å². The normalized spacial score (nSPS) is 12.7. The van der Waals surface area contributed by atoms with Crippen LogP contribution in [0.1, 0.15) is 69.1 Å². The molecule has 198 valence electrons. The second kappa shape index (κ2) is 10.3. The summed E-state index contributed by atoms with van der Waals surface area (Å²) >= 11 is 1.38. The van der Waals surface area contributed by atoms with Gasteiger partial charge in [0.1, 0.15) is 15.6 Å². The van der Waals surface area contributed by atoms with E-state index in [0.29, 0.717) is 16.7 Å². The van der Waals surface area contributed by atoms with Gasteiger partial charge in [0.2, 0.25) is 0 Å². The quantitative estimate of drug-likeness (QED) is 0.272. The van der Waals surface area contributed by atoms with Crippen molar-refractivity contribution in [3.63, 3.8) is 0 Å². The molecule has 0 atom stereocenters. The molecule has 0 aliphatic heterocycles. The van der Waals surface area contributed by atoms with Crippen LogP contribution in [0.25, 0.3) is 22.3 Å². The first kappa shape index (κ1) is 27.5. The van der Waals surface area contributed by atoms with Crippen LogP contribution in [-0.4, -0.2) is 28.5 Å². The van der Waals surface area contributed by atoms with Gasteiger partial charge in [0.15, 0.2) is 5.65 Å². The molecule has 1 aromatic carbocycles. The third kappa shape index (κ3) is 6.13. The number of hydrogen-bond donors (Lipinski definition) is 1. The second-order valence-electron chi connectivity index (χ2n) is 11.3. The Morgan fingerprint density at radius 3 is 2.32 bits per heavy atom. The van der Waals surface area contributed by atoms with Crippen LogP contribution >= 0.6 is 11.3 Å². The zero-order valence-electron chi connectivity index (χ0n) is 23.1. The topological polar surface area (TPSA) is 76.9 Å². The van der Waals surface area contributed by atoms with Gasteiger partial charge in [-0.25, -0.2) is 23.1 Å². The third-order valence-electron chi connectivity index (χ3n) is 6.07. The van der Waals surface area contributed by atoms with E-state index in [1.165, 1.54) is 11.3 Å². The summed E-state index contributed by atoms with van der Waals surface area (Å²) in [7, 11) is -3.66. The average Bonchev–Trinajstić information content (AvgIpc) is 3.35. The van der Waals surface area contributed by atoms with Crippen molar-refractivity contribution in [1.82, 2.24) is 19.3 Å². The average molecular weight is 539 g/mol. The monoisotopic (exact) mass is 538 g/mol. The van der Waals surface area contributed by atoms with Crippen LogP contribution in [0.2, 0.25) is 0 Å². The van der Waals surface area contributed by atoms with E-state index in [9.17, 15) is 8.42 Å². The molecule has 1 N–H and O–H groups in total. The molecule has 0 aliphatic rings. The zero-order valence-corrected chi connectivity index (χ0v) is 24.8. The Labute approximate surface area is 225 Å². The standard InChI is InChI=1S/C29H38N4O2S2/c1-9-25-31-26-19(4)15-20(5)30-27(26)33(25)17-21-10-12-22(13-11-21)24-16-23(14-18(2)3)36-28(24)37(34,35)32-29(6,7)8/h10-13,15-16,18,32H,9,14,17H2,1-8H3. The fourth-order valence-electron chi connectivity index (χ4n) is 4.63. The number of aryl methyl sites for hydroxylation is 3. The Balaban J connectivity index is 1.72. The van der Waals surface area contributed by atoms with Gasteiger partial charge in [-0.05, 0) is 75.8 Å². The van der Waals surface area contributed by atoms with Crippen molar-refractivity contribution in [2.45, 2.75) is 84.5 Å². The van der Waals surface area contributed by atoms with Crippen LogP contribution in [0.3, 0.4) is 0 Å². The summed E-state index contributed by atoms with van der Waals surface area (Å²) in [5.41, 5.74) is 6.22. The van der Waals surface area contributed by atoms with Gasteiger partial charge < -0.3 is 4.57 Å². The molecule has 0 radical (unpaired) electrons. The number of nitrogens with one attached hydrogen (secondary N) is 1. The predicted octanol–water partition coefficient (Wildman–Crippen LogP) is 6.66. The third-order valence-corrected chi connectivity index (χ3v) is 9.52. The molecule has 0 spiro atoms. The summed E-state index contributed by atoms with van der Waals surface area (Å²) in [6.45, 7) is 16.8. The maximum atomic E-state index is 13.4. The van der Waals surface area contributed by atoms with E-state index in [2.05, 4.69) is 55.2 Å². The molecule has 0 saturated heterocycles. The van der Waals surface area contributed by atoms with E-state index in [1.54, 1.807) is 0 Å². The highest BCUT2D eigenvalue weighted by atomic mass is 32.2. The lowest BCUT2D eigenvalue weighted by molar-refractivity contribution is 0.493. The number of hydrogen-bond acceptors (Lipinski definition) is 5. The number of nitrogens with zero attached hydrogens (tertiary/aromatic N) is 3. The fourth-order valence-corrected chi connectivity index (χ4v) is 8.00. The van der Waals surface area contributed by atoms with E-state index >= 15 is 0 Å². The molecule has 3 heterocycles. The zero-order chi connectivity index (χ0) is 27.1. The Bertz CT molecular complexity index is 1520. The number of pyridine rings is 1. The van der Waals surface area contributed by atoms with Crippen molar-refractivity contribution in [3.8, 4) is 11.1 Å². The Kier molecular flexibility index (Phi) is 7.66. The van der Waals surface area contributed by atoms with Crippen LogP contribution < -0.4 is 4.72 Å². The van der Waals surface area contributed by atoms with Gasteiger partial charge in [-0.15, -0.1) is 11.3 Å². The van der Waals surface area contributed by atoms with Gasteiger partial charge >= 0.3 is 0 Å². The Morgan fingerprint density at radius 2 is 1.73 bits per heavy atom. The molecular weight excluding hydrogens is 500 g/mol. The summed E-state index contributed by atoms with van der Waals surface area (Å²) in [4.78, 5) is 10.7. The predicted molar refractivity (Wildman–Crippen MR) is 154 cm³/mol. The summed E-state index contributed by atoms with van der Waals surface area (Å²) < 4.78 is 32.1. The number of rotatable bonds is 8. The molecule has 4 rings (SSSR count). The van der Waals surface area contributed by atoms with Crippen LogP contribution in [0.4, 0.5) is 0 Å². The smallest absolute Gasteiger partial charge is 0.251 e. The minimum Gasteiger partial charge on any atom is -0.308 e. The largest absolute Gasteiger partial charge is 0.308 e. The second-order valence-corrected chi connectivity index (χ2v) is 14.3. The highest BCUT2D eigenvalue weighted by Crippen LogP contribution is 2.37. The van der Waals surface area contributed by atoms with Crippen molar-refractivity contribution < 1.29 is 8.42 Å². The summed E-state index contributed by atoms with van der Waals surface area (Å²) in [6, 6.07) is 12.3. The highest BCUT2D eigenvalue weighted by Gasteiger charge is 2.28. The first-order valence-electron chi connectivity index (χ1n) is 12.9. The number of benzene rings is 1. The van der Waals surface area contributed by atoms with Crippen molar-refractivity contribution in [3.05, 3.63) is 63.9 Å². The van der Waals surface area contributed by atoms with Crippen molar-refractivity contribution in [2.75, 3.05) is 0 Å². The van der Waals surface area contributed by atoms with Crippen molar-refractivity contribution in [2.24, 2.45) is 5.92 Å². The highest BCUT2D eigenvalue weighted by molar-refractivity contribution is 7.91. The summed E-state index contributed by atoms with van der Waals surface area (Å²) in [5, 5.41) is 0. The fraction of sp³-hybridized carbons (Fsp3) is 0.448. The van der Waals surface area contributed by atoms with Gasteiger partial charge in [-0.1, -0.05) is 45.0 Å². The van der Waals surface area contributed by atoms with E-state index in [0.717, 1.165) is 62.7 Å². The number of thiophene rings is 1. The molecule has 0 unspecified atom stereocenters. The molecule has 37 heavy (non-hydrogen) atoms. The van der Waals surface area contributed by atoms with E-state index in [1.807, 2.05) is 45.9 Å². The lowest BCUT2D eigenvalue weighted by Gasteiger charge is -2.20. The van der Waals surface area contributed by atoms with Gasteiger partial charge in [0.05, 0.1) is 6.54 Å². The minimum absolute atomic E-state index is 0.384. The number of imidazole rings is 1. The SMILES string of the molecule is CCc1nc2c(C)cc(C)nc2n1Cc1ccc(-c2cc(CC(C)C)sc2S(=O)(=O)NC(C)(C)C)cc1. The van der Waals surface area contributed by atoms with Crippen LogP contribution in [0, 0.1) is 19.8 Å². The Hall–Kier alpha value is -2.55. The van der Waals surface area contributed by atoms with Gasteiger partial charge in [0.25, 0.3) is 10.0 Å². The summed E-state index contributed by atoms with van der Waals surface area (Å²) in [6.07, 6.45) is 1.67. The van der Waals surface area contributed by atoms with Gasteiger partial charge in [-0.3, -0.25) is 0 Å². The maximum Gasteiger partial charge on any atom is 0.251 e. The number of sulfonamides is 1. The lowest BCUT2D eigenvalue weighted by Crippen LogP contribution is -2.40. The number of aromatic nitrogens is 3. The first-order chi connectivity index (χ1) is 17.3. The molecule has 6 nitrogen and oxygen atoms in total. The maximum absolute atomic E-state index is 13.4. The van der Waals surface area contributed by atoms with E-state index in [-0.39, 0.29) is 0 Å². The molecule has 8 heteroatoms.